The molecule has 1 heterocycles. The molecule has 2 N–H and O–H groups in total. The van der Waals surface area contributed by atoms with Crippen molar-refractivity contribution in [3.05, 3.63) is 78.4 Å². The van der Waals surface area contributed by atoms with Gasteiger partial charge in [0.15, 0.2) is 0 Å². The number of pyridine rings is 1. The number of benzene rings is 2. The zero-order valence-electron chi connectivity index (χ0n) is 15.1. The normalized spacial score (nSPS) is 10.5. The number of amides is 1. The summed E-state index contributed by atoms with van der Waals surface area (Å²) in [5.41, 5.74) is 2.11. The molecule has 138 valence electrons. The van der Waals surface area contributed by atoms with Gasteiger partial charge in [0.05, 0.1) is 29.2 Å². The van der Waals surface area contributed by atoms with Gasteiger partial charge >= 0.3 is 0 Å². The Morgan fingerprint density at radius 3 is 2.63 bits per heavy atom. The van der Waals surface area contributed by atoms with E-state index in [0.717, 1.165) is 0 Å². The zero-order valence-corrected chi connectivity index (χ0v) is 15.1. The first-order valence-corrected chi connectivity index (χ1v) is 8.56. The summed E-state index contributed by atoms with van der Waals surface area (Å²) in [6.07, 6.45) is 3.03. The largest absolute Gasteiger partial charge is 0.489 e. The predicted molar refractivity (Wildman–Crippen MR) is 104 cm³/mol. The zero-order chi connectivity index (χ0) is 19.2. The fourth-order valence-corrected chi connectivity index (χ4v) is 2.49. The van der Waals surface area contributed by atoms with Crippen molar-refractivity contribution in [1.82, 2.24) is 4.98 Å². The van der Waals surface area contributed by atoms with Gasteiger partial charge in [0.2, 0.25) is 0 Å². The SMILES string of the molecule is CC(C)Oc1ccccc1NC(=O)c1cncc(Nc2cccc(F)c2)c1. The van der Waals surface area contributed by atoms with E-state index in [4.69, 9.17) is 4.74 Å². The molecule has 0 unspecified atom stereocenters. The molecule has 3 aromatic rings. The van der Waals surface area contributed by atoms with Crippen molar-refractivity contribution >= 4 is 23.0 Å². The number of para-hydroxylation sites is 2. The quantitative estimate of drug-likeness (QED) is 0.645. The highest BCUT2D eigenvalue weighted by atomic mass is 19.1. The maximum atomic E-state index is 13.3. The molecule has 5 nitrogen and oxygen atoms in total. The van der Waals surface area contributed by atoms with E-state index in [2.05, 4.69) is 15.6 Å². The molecule has 0 saturated carbocycles. The lowest BCUT2D eigenvalue weighted by Gasteiger charge is -2.15. The van der Waals surface area contributed by atoms with Gasteiger partial charge in [-0.3, -0.25) is 9.78 Å². The van der Waals surface area contributed by atoms with Gasteiger partial charge in [-0.1, -0.05) is 18.2 Å². The molecule has 0 saturated heterocycles. The van der Waals surface area contributed by atoms with Crippen LogP contribution >= 0.6 is 0 Å². The summed E-state index contributed by atoms with van der Waals surface area (Å²) in [7, 11) is 0. The molecule has 0 bridgehead atoms. The Morgan fingerprint density at radius 2 is 1.85 bits per heavy atom. The van der Waals surface area contributed by atoms with Crippen molar-refractivity contribution in [2.24, 2.45) is 0 Å². The number of hydrogen-bond acceptors (Lipinski definition) is 4. The van der Waals surface area contributed by atoms with Crippen LogP contribution in [0.2, 0.25) is 0 Å². The van der Waals surface area contributed by atoms with Crippen LogP contribution in [0.3, 0.4) is 0 Å². The van der Waals surface area contributed by atoms with Crippen LogP contribution in [0, 0.1) is 5.82 Å². The molecular formula is C21H20FN3O2. The second-order valence-corrected chi connectivity index (χ2v) is 6.21. The van der Waals surface area contributed by atoms with Gasteiger partial charge in [-0.25, -0.2) is 4.39 Å². The van der Waals surface area contributed by atoms with Crippen LogP contribution in [0.1, 0.15) is 24.2 Å². The number of carbonyl (C=O) groups is 1. The number of rotatable bonds is 6. The van der Waals surface area contributed by atoms with Crippen LogP contribution in [0.25, 0.3) is 0 Å². The molecule has 2 aromatic carbocycles. The summed E-state index contributed by atoms with van der Waals surface area (Å²) in [6, 6.07) is 15.0. The minimum atomic E-state index is -0.344. The first-order chi connectivity index (χ1) is 13.0. The minimum Gasteiger partial charge on any atom is -0.489 e. The number of carbonyl (C=O) groups excluding carboxylic acids is 1. The summed E-state index contributed by atoms with van der Waals surface area (Å²) in [5, 5.41) is 5.87. The third-order valence-electron chi connectivity index (χ3n) is 3.61. The number of hydrogen-bond donors (Lipinski definition) is 2. The summed E-state index contributed by atoms with van der Waals surface area (Å²) < 4.78 is 19.0. The van der Waals surface area contributed by atoms with Crippen LogP contribution in [-0.2, 0) is 0 Å². The van der Waals surface area contributed by atoms with E-state index in [1.165, 1.54) is 18.3 Å². The summed E-state index contributed by atoms with van der Waals surface area (Å²) in [4.78, 5) is 16.7. The van der Waals surface area contributed by atoms with E-state index in [-0.39, 0.29) is 17.8 Å². The fraction of sp³-hybridized carbons (Fsp3) is 0.143. The molecule has 0 aliphatic carbocycles. The fourth-order valence-electron chi connectivity index (χ4n) is 2.49. The Balaban J connectivity index is 1.76. The first-order valence-electron chi connectivity index (χ1n) is 8.56. The molecular weight excluding hydrogens is 345 g/mol. The third kappa shape index (κ3) is 5.04. The smallest absolute Gasteiger partial charge is 0.257 e. The Kier molecular flexibility index (Phi) is 5.66. The molecule has 0 spiro atoms. The van der Waals surface area contributed by atoms with Crippen molar-refractivity contribution in [2.75, 3.05) is 10.6 Å². The van der Waals surface area contributed by atoms with Crippen molar-refractivity contribution in [2.45, 2.75) is 20.0 Å². The molecule has 0 aliphatic rings. The second kappa shape index (κ2) is 8.31. The third-order valence-corrected chi connectivity index (χ3v) is 3.61. The van der Waals surface area contributed by atoms with E-state index in [9.17, 15) is 9.18 Å². The maximum absolute atomic E-state index is 13.3. The van der Waals surface area contributed by atoms with Crippen molar-refractivity contribution in [3.8, 4) is 5.75 Å². The standard InChI is InChI=1S/C21H20FN3O2/c1-14(2)27-20-9-4-3-8-19(20)25-21(26)15-10-18(13-23-12-15)24-17-7-5-6-16(22)11-17/h3-14,24H,1-2H3,(H,25,26). The highest BCUT2D eigenvalue weighted by Crippen LogP contribution is 2.26. The highest BCUT2D eigenvalue weighted by molar-refractivity contribution is 6.05. The lowest BCUT2D eigenvalue weighted by atomic mass is 10.2. The summed E-state index contributed by atoms with van der Waals surface area (Å²) in [5.74, 6) is -0.0586. The number of nitrogens with zero attached hydrogens (tertiary/aromatic N) is 1. The van der Waals surface area contributed by atoms with Gasteiger partial charge in [-0.05, 0) is 50.2 Å². The lowest BCUT2D eigenvalue weighted by Crippen LogP contribution is -2.15. The highest BCUT2D eigenvalue weighted by Gasteiger charge is 2.12. The number of nitrogens with one attached hydrogen (secondary N) is 2. The topological polar surface area (TPSA) is 63.2 Å². The Morgan fingerprint density at radius 1 is 1.04 bits per heavy atom. The van der Waals surface area contributed by atoms with Crippen molar-refractivity contribution in [3.63, 3.8) is 0 Å². The number of aromatic nitrogens is 1. The van der Waals surface area contributed by atoms with E-state index in [1.807, 2.05) is 26.0 Å². The van der Waals surface area contributed by atoms with Gasteiger partial charge in [-0.15, -0.1) is 0 Å². The van der Waals surface area contributed by atoms with Crippen LogP contribution in [0.15, 0.2) is 67.0 Å². The number of halogens is 1. The lowest BCUT2D eigenvalue weighted by molar-refractivity contribution is 0.102. The molecule has 6 heteroatoms. The minimum absolute atomic E-state index is 0.0106. The van der Waals surface area contributed by atoms with Crippen molar-refractivity contribution in [1.29, 1.82) is 0 Å². The molecule has 0 fully saturated rings. The second-order valence-electron chi connectivity index (χ2n) is 6.21. The Hall–Kier alpha value is -3.41. The number of ether oxygens (including phenoxy) is 1. The Bertz CT molecular complexity index is 944. The molecule has 0 radical (unpaired) electrons. The average molecular weight is 365 g/mol. The number of anilines is 3. The predicted octanol–water partition coefficient (Wildman–Crippen LogP) is 5.00. The van der Waals surface area contributed by atoms with Crippen LogP contribution in [0.5, 0.6) is 5.75 Å². The average Bonchev–Trinajstić information content (AvgIpc) is 2.63. The Labute approximate surface area is 157 Å². The van der Waals surface area contributed by atoms with Gasteiger partial charge in [0, 0.05) is 11.9 Å². The van der Waals surface area contributed by atoms with E-state index >= 15 is 0 Å². The van der Waals surface area contributed by atoms with E-state index in [1.54, 1.807) is 36.5 Å². The molecule has 1 aromatic heterocycles. The molecule has 0 atom stereocenters. The monoisotopic (exact) mass is 365 g/mol. The maximum Gasteiger partial charge on any atom is 0.257 e. The van der Waals surface area contributed by atoms with Crippen LogP contribution in [0.4, 0.5) is 21.5 Å². The molecule has 3 rings (SSSR count). The molecule has 1 amide bonds. The summed E-state index contributed by atoms with van der Waals surface area (Å²) in [6.45, 7) is 3.84. The van der Waals surface area contributed by atoms with E-state index in [0.29, 0.717) is 28.4 Å². The van der Waals surface area contributed by atoms with Gasteiger partial charge in [-0.2, -0.15) is 0 Å². The van der Waals surface area contributed by atoms with E-state index < -0.39 is 0 Å². The molecule has 0 aliphatic heterocycles. The van der Waals surface area contributed by atoms with Gasteiger partial charge < -0.3 is 15.4 Å². The summed E-state index contributed by atoms with van der Waals surface area (Å²) >= 11 is 0. The van der Waals surface area contributed by atoms with Gasteiger partial charge in [0.1, 0.15) is 11.6 Å². The van der Waals surface area contributed by atoms with Crippen LogP contribution < -0.4 is 15.4 Å². The van der Waals surface area contributed by atoms with Crippen molar-refractivity contribution < 1.29 is 13.9 Å². The van der Waals surface area contributed by atoms with Crippen LogP contribution in [-0.4, -0.2) is 17.0 Å². The van der Waals surface area contributed by atoms with Gasteiger partial charge in [0.25, 0.3) is 5.91 Å². The first kappa shape index (κ1) is 18.4. The molecule has 27 heavy (non-hydrogen) atoms.